The maximum atomic E-state index is 13.8. The molecule has 0 aliphatic heterocycles. The standard InChI is InChI=1S/C14H10Br2F2O/c1-19-12-6-5-8(15)7-9(12)14(16)13-10(17)3-2-4-11(13)18/h2-7,14H,1H3. The molecule has 0 spiro atoms. The van der Waals surface area contributed by atoms with Crippen LogP contribution < -0.4 is 4.74 Å². The predicted octanol–water partition coefficient (Wildman–Crippen LogP) is 5.22. The number of ether oxygens (including phenoxy) is 1. The lowest BCUT2D eigenvalue weighted by molar-refractivity contribution is 0.410. The molecule has 0 amide bonds. The van der Waals surface area contributed by atoms with Gasteiger partial charge in [0.25, 0.3) is 0 Å². The molecule has 2 aromatic rings. The van der Waals surface area contributed by atoms with E-state index in [0.29, 0.717) is 11.3 Å². The minimum absolute atomic E-state index is 0.0288. The summed E-state index contributed by atoms with van der Waals surface area (Å²) in [7, 11) is 1.52. The molecule has 2 rings (SSSR count). The van der Waals surface area contributed by atoms with Crippen molar-refractivity contribution < 1.29 is 13.5 Å². The highest BCUT2D eigenvalue weighted by Crippen LogP contribution is 2.39. The van der Waals surface area contributed by atoms with E-state index in [0.717, 1.165) is 4.47 Å². The van der Waals surface area contributed by atoms with Crippen molar-refractivity contribution in [3.05, 3.63) is 63.6 Å². The zero-order valence-corrected chi connectivity index (χ0v) is 13.1. The molecular formula is C14H10Br2F2O. The van der Waals surface area contributed by atoms with E-state index >= 15 is 0 Å². The summed E-state index contributed by atoms with van der Waals surface area (Å²) in [5, 5.41) is 0. The lowest BCUT2D eigenvalue weighted by Gasteiger charge is -2.16. The lowest BCUT2D eigenvalue weighted by Crippen LogP contribution is -2.02. The molecule has 1 nitrogen and oxygen atoms in total. The molecule has 1 unspecified atom stereocenters. The monoisotopic (exact) mass is 390 g/mol. The molecule has 0 radical (unpaired) electrons. The number of rotatable bonds is 3. The summed E-state index contributed by atoms with van der Waals surface area (Å²) in [4.78, 5) is -0.624. The van der Waals surface area contributed by atoms with Crippen molar-refractivity contribution in [1.82, 2.24) is 0 Å². The minimum Gasteiger partial charge on any atom is -0.496 e. The second-order valence-electron chi connectivity index (χ2n) is 3.88. The number of hydrogen-bond acceptors (Lipinski definition) is 1. The van der Waals surface area contributed by atoms with Crippen LogP contribution in [-0.4, -0.2) is 7.11 Å². The average Bonchev–Trinajstić information content (AvgIpc) is 2.38. The fraction of sp³-hybridized carbons (Fsp3) is 0.143. The van der Waals surface area contributed by atoms with Crippen molar-refractivity contribution in [2.75, 3.05) is 7.11 Å². The van der Waals surface area contributed by atoms with Gasteiger partial charge in [-0.05, 0) is 30.3 Å². The van der Waals surface area contributed by atoms with Crippen LogP contribution in [0.25, 0.3) is 0 Å². The van der Waals surface area contributed by atoms with Gasteiger partial charge in [0.1, 0.15) is 17.4 Å². The van der Waals surface area contributed by atoms with E-state index in [-0.39, 0.29) is 5.56 Å². The predicted molar refractivity (Wildman–Crippen MR) is 77.8 cm³/mol. The third kappa shape index (κ3) is 2.98. The van der Waals surface area contributed by atoms with E-state index in [1.165, 1.54) is 25.3 Å². The summed E-state index contributed by atoms with van der Waals surface area (Å²) >= 11 is 6.68. The Balaban J connectivity index is 2.55. The van der Waals surface area contributed by atoms with E-state index in [1.807, 2.05) is 0 Å². The van der Waals surface area contributed by atoms with Crippen LogP contribution >= 0.6 is 31.9 Å². The first kappa shape index (κ1) is 14.5. The van der Waals surface area contributed by atoms with Crippen molar-refractivity contribution in [2.45, 2.75) is 4.83 Å². The van der Waals surface area contributed by atoms with Gasteiger partial charge in [0, 0.05) is 15.6 Å². The van der Waals surface area contributed by atoms with Crippen LogP contribution in [0.3, 0.4) is 0 Å². The van der Waals surface area contributed by atoms with Crippen molar-refractivity contribution in [3.63, 3.8) is 0 Å². The minimum atomic E-state index is -0.624. The van der Waals surface area contributed by atoms with Gasteiger partial charge in [-0.3, -0.25) is 0 Å². The lowest BCUT2D eigenvalue weighted by atomic mass is 10.0. The number of alkyl halides is 1. The number of hydrogen-bond donors (Lipinski definition) is 0. The van der Waals surface area contributed by atoms with Crippen molar-refractivity contribution in [2.24, 2.45) is 0 Å². The summed E-state index contributed by atoms with van der Waals surface area (Å²) in [5.41, 5.74) is 0.625. The fourth-order valence-corrected chi connectivity index (χ4v) is 2.99. The zero-order chi connectivity index (χ0) is 14.0. The summed E-state index contributed by atoms with van der Waals surface area (Å²) in [6.07, 6.45) is 0. The molecular weight excluding hydrogens is 382 g/mol. The quantitative estimate of drug-likeness (QED) is 0.651. The maximum absolute atomic E-state index is 13.8. The number of benzene rings is 2. The normalized spacial score (nSPS) is 12.3. The van der Waals surface area contributed by atoms with Crippen LogP contribution in [0.2, 0.25) is 0 Å². The number of methoxy groups -OCH3 is 1. The third-order valence-corrected chi connectivity index (χ3v) is 4.16. The van der Waals surface area contributed by atoms with Gasteiger partial charge in [-0.15, -0.1) is 0 Å². The molecule has 0 bridgehead atoms. The molecule has 0 N–H and O–H groups in total. The average molecular weight is 392 g/mol. The molecule has 1 atom stereocenters. The first-order chi connectivity index (χ1) is 9.04. The highest BCUT2D eigenvalue weighted by atomic mass is 79.9. The van der Waals surface area contributed by atoms with Gasteiger partial charge in [-0.25, -0.2) is 8.78 Å². The van der Waals surface area contributed by atoms with Gasteiger partial charge in [-0.2, -0.15) is 0 Å². The second kappa shape index (κ2) is 6.01. The fourth-order valence-electron chi connectivity index (χ4n) is 1.81. The second-order valence-corrected chi connectivity index (χ2v) is 5.72. The summed E-state index contributed by atoms with van der Waals surface area (Å²) in [6, 6.07) is 9.12. The van der Waals surface area contributed by atoms with Crippen LogP contribution in [0.5, 0.6) is 5.75 Å². The maximum Gasteiger partial charge on any atom is 0.130 e. The van der Waals surface area contributed by atoms with Crippen LogP contribution in [0, 0.1) is 11.6 Å². The van der Waals surface area contributed by atoms with Crippen LogP contribution in [0.15, 0.2) is 40.9 Å². The highest BCUT2D eigenvalue weighted by Gasteiger charge is 2.22. The van der Waals surface area contributed by atoms with Crippen molar-refractivity contribution in [1.29, 1.82) is 0 Å². The Bertz CT molecular complexity index is 582. The molecule has 0 aromatic heterocycles. The van der Waals surface area contributed by atoms with Crippen molar-refractivity contribution >= 4 is 31.9 Å². The van der Waals surface area contributed by atoms with E-state index < -0.39 is 16.5 Å². The van der Waals surface area contributed by atoms with Gasteiger partial charge in [0.2, 0.25) is 0 Å². The van der Waals surface area contributed by atoms with E-state index in [2.05, 4.69) is 31.9 Å². The molecule has 0 heterocycles. The Labute approximate surface area is 126 Å². The molecule has 19 heavy (non-hydrogen) atoms. The first-order valence-corrected chi connectivity index (χ1v) is 7.17. The Hall–Kier alpha value is -0.940. The molecule has 0 aliphatic carbocycles. The third-order valence-electron chi connectivity index (χ3n) is 2.72. The molecule has 100 valence electrons. The first-order valence-electron chi connectivity index (χ1n) is 5.46. The largest absolute Gasteiger partial charge is 0.496 e. The summed E-state index contributed by atoms with van der Waals surface area (Å²) < 4.78 is 33.6. The van der Waals surface area contributed by atoms with E-state index in [4.69, 9.17) is 4.74 Å². The summed E-state index contributed by atoms with van der Waals surface area (Å²) in [6.45, 7) is 0. The molecule has 0 saturated carbocycles. The van der Waals surface area contributed by atoms with Gasteiger partial charge >= 0.3 is 0 Å². The number of halogens is 4. The van der Waals surface area contributed by atoms with Crippen LogP contribution in [0.4, 0.5) is 8.78 Å². The Morgan fingerprint density at radius 3 is 2.32 bits per heavy atom. The van der Waals surface area contributed by atoms with Gasteiger partial charge < -0.3 is 4.74 Å². The Morgan fingerprint density at radius 1 is 1.11 bits per heavy atom. The Morgan fingerprint density at radius 2 is 1.74 bits per heavy atom. The molecule has 0 saturated heterocycles. The molecule has 2 aromatic carbocycles. The molecule has 0 fully saturated rings. The smallest absolute Gasteiger partial charge is 0.130 e. The van der Waals surface area contributed by atoms with E-state index in [9.17, 15) is 8.78 Å². The van der Waals surface area contributed by atoms with E-state index in [1.54, 1.807) is 18.2 Å². The van der Waals surface area contributed by atoms with Gasteiger partial charge in [0.15, 0.2) is 0 Å². The SMILES string of the molecule is COc1ccc(Br)cc1C(Br)c1c(F)cccc1F. The van der Waals surface area contributed by atoms with Gasteiger partial charge in [0.05, 0.1) is 11.9 Å². The van der Waals surface area contributed by atoms with Crippen molar-refractivity contribution in [3.8, 4) is 5.75 Å². The topological polar surface area (TPSA) is 9.23 Å². The molecule has 0 aliphatic rings. The Kier molecular flexibility index (Phi) is 4.58. The highest BCUT2D eigenvalue weighted by molar-refractivity contribution is 9.10. The molecule has 5 heteroatoms. The van der Waals surface area contributed by atoms with Gasteiger partial charge in [-0.1, -0.05) is 37.9 Å². The zero-order valence-electron chi connectivity index (χ0n) is 9.96. The van der Waals surface area contributed by atoms with Crippen LogP contribution in [0.1, 0.15) is 16.0 Å². The van der Waals surface area contributed by atoms with Crippen LogP contribution in [-0.2, 0) is 0 Å². The summed E-state index contributed by atoms with van der Waals surface area (Å²) in [5.74, 6) is -0.625.